The summed E-state index contributed by atoms with van der Waals surface area (Å²) >= 11 is 12.0. The van der Waals surface area contributed by atoms with Crippen molar-refractivity contribution in [3.8, 4) is 5.75 Å². The predicted molar refractivity (Wildman–Crippen MR) is 110 cm³/mol. The highest BCUT2D eigenvalue weighted by Gasteiger charge is 2.30. The van der Waals surface area contributed by atoms with Gasteiger partial charge in [-0.05, 0) is 56.2 Å². The van der Waals surface area contributed by atoms with E-state index in [0.29, 0.717) is 35.4 Å². The molecule has 2 aromatic carbocycles. The summed E-state index contributed by atoms with van der Waals surface area (Å²) in [5.41, 5.74) is 0.522. The number of halogens is 2. The summed E-state index contributed by atoms with van der Waals surface area (Å²) in [7, 11) is -3.75. The quantitative estimate of drug-likeness (QED) is 0.717. The third-order valence-electron chi connectivity index (χ3n) is 4.37. The fraction of sp³-hybridized carbons (Fsp3) is 0.316. The first kappa shape index (κ1) is 20.9. The van der Waals surface area contributed by atoms with Crippen LogP contribution in [0, 0.1) is 0 Å². The fourth-order valence-electron chi connectivity index (χ4n) is 2.98. The average Bonchev–Trinajstić information content (AvgIpc) is 3.21. The van der Waals surface area contributed by atoms with Crippen molar-refractivity contribution >= 4 is 44.8 Å². The zero-order chi connectivity index (χ0) is 20.3. The predicted octanol–water partition coefficient (Wildman–Crippen LogP) is 4.43. The second kappa shape index (κ2) is 8.69. The maximum Gasteiger partial charge on any atom is 0.255 e. The van der Waals surface area contributed by atoms with Gasteiger partial charge >= 0.3 is 0 Å². The van der Waals surface area contributed by atoms with E-state index in [1.54, 1.807) is 19.1 Å². The van der Waals surface area contributed by atoms with Crippen LogP contribution in [0.1, 0.15) is 30.1 Å². The van der Waals surface area contributed by atoms with Gasteiger partial charge in [0.1, 0.15) is 10.6 Å². The molecule has 1 aliphatic heterocycles. The average molecular weight is 443 g/mol. The zero-order valence-electron chi connectivity index (χ0n) is 15.2. The van der Waals surface area contributed by atoms with E-state index in [4.69, 9.17) is 27.9 Å². The number of carbonyl (C=O) groups is 1. The minimum Gasteiger partial charge on any atom is -0.492 e. The van der Waals surface area contributed by atoms with Gasteiger partial charge in [-0.2, -0.15) is 4.31 Å². The maximum absolute atomic E-state index is 13.0. The molecule has 1 aliphatic rings. The second-order valence-electron chi connectivity index (χ2n) is 6.28. The Morgan fingerprint density at radius 2 is 1.86 bits per heavy atom. The molecule has 2 aromatic rings. The minimum atomic E-state index is -3.75. The molecule has 0 radical (unpaired) electrons. The Hall–Kier alpha value is -1.80. The van der Waals surface area contributed by atoms with Gasteiger partial charge in [0.05, 0.1) is 17.3 Å². The van der Waals surface area contributed by atoms with E-state index in [0.717, 1.165) is 12.8 Å². The molecule has 6 nitrogen and oxygen atoms in total. The van der Waals surface area contributed by atoms with Crippen molar-refractivity contribution < 1.29 is 17.9 Å². The van der Waals surface area contributed by atoms with Gasteiger partial charge in [0.2, 0.25) is 10.0 Å². The largest absolute Gasteiger partial charge is 0.492 e. The number of sulfonamides is 1. The Morgan fingerprint density at radius 3 is 2.54 bits per heavy atom. The number of amides is 1. The molecule has 1 fully saturated rings. The van der Waals surface area contributed by atoms with Crippen LogP contribution in [0.15, 0.2) is 41.3 Å². The standard InChI is InChI=1S/C19H20Cl2N2O4S/c1-2-27-17-8-5-13(11-18(17)28(25,26)23-9-3-4-10-23)19(24)22-16-12-14(20)6-7-15(16)21/h5-8,11-12H,2-4,9-10H2,1H3,(H,22,24). The maximum atomic E-state index is 13.0. The molecule has 0 unspecified atom stereocenters. The Bertz CT molecular complexity index is 989. The number of nitrogens with zero attached hydrogens (tertiary/aromatic N) is 1. The van der Waals surface area contributed by atoms with E-state index in [2.05, 4.69) is 5.32 Å². The molecule has 1 heterocycles. The van der Waals surface area contributed by atoms with Crippen molar-refractivity contribution in [1.82, 2.24) is 4.31 Å². The molecule has 150 valence electrons. The third kappa shape index (κ3) is 4.43. The van der Waals surface area contributed by atoms with E-state index >= 15 is 0 Å². The third-order valence-corrected chi connectivity index (χ3v) is 6.85. The first-order valence-corrected chi connectivity index (χ1v) is 11.1. The second-order valence-corrected chi connectivity index (χ2v) is 9.03. The van der Waals surface area contributed by atoms with Crippen LogP contribution < -0.4 is 10.1 Å². The lowest BCUT2D eigenvalue weighted by molar-refractivity contribution is 0.102. The van der Waals surface area contributed by atoms with E-state index in [1.807, 2.05) is 0 Å². The molecule has 0 aliphatic carbocycles. The molecule has 1 N–H and O–H groups in total. The van der Waals surface area contributed by atoms with Crippen LogP contribution in [0.5, 0.6) is 5.75 Å². The Morgan fingerprint density at radius 1 is 1.14 bits per heavy atom. The molecular formula is C19H20Cl2N2O4S. The van der Waals surface area contributed by atoms with Gasteiger partial charge in [0.25, 0.3) is 5.91 Å². The molecule has 0 bridgehead atoms. The summed E-state index contributed by atoms with van der Waals surface area (Å²) in [6.07, 6.45) is 1.63. The number of hydrogen-bond acceptors (Lipinski definition) is 4. The normalized spacial score (nSPS) is 14.8. The van der Waals surface area contributed by atoms with Crippen molar-refractivity contribution in [2.24, 2.45) is 0 Å². The van der Waals surface area contributed by atoms with Crippen LogP contribution in [-0.4, -0.2) is 38.3 Å². The van der Waals surface area contributed by atoms with Gasteiger partial charge in [-0.3, -0.25) is 4.79 Å². The van der Waals surface area contributed by atoms with Gasteiger partial charge < -0.3 is 10.1 Å². The molecule has 0 atom stereocenters. The van der Waals surface area contributed by atoms with Gasteiger partial charge in [0.15, 0.2) is 0 Å². The van der Waals surface area contributed by atoms with Crippen molar-refractivity contribution in [1.29, 1.82) is 0 Å². The highest BCUT2D eigenvalue weighted by Crippen LogP contribution is 2.31. The first-order chi connectivity index (χ1) is 13.3. The van der Waals surface area contributed by atoms with Crippen LogP contribution in [0.2, 0.25) is 10.0 Å². The highest BCUT2D eigenvalue weighted by molar-refractivity contribution is 7.89. The number of hydrogen-bond donors (Lipinski definition) is 1. The fourth-order valence-corrected chi connectivity index (χ4v) is 4.99. The summed E-state index contributed by atoms with van der Waals surface area (Å²) in [5, 5.41) is 3.41. The monoisotopic (exact) mass is 442 g/mol. The number of nitrogens with one attached hydrogen (secondary N) is 1. The van der Waals surface area contributed by atoms with E-state index in [1.165, 1.54) is 28.6 Å². The van der Waals surface area contributed by atoms with E-state index in [9.17, 15) is 13.2 Å². The van der Waals surface area contributed by atoms with Crippen molar-refractivity contribution in [3.63, 3.8) is 0 Å². The molecule has 28 heavy (non-hydrogen) atoms. The zero-order valence-corrected chi connectivity index (χ0v) is 17.6. The van der Waals surface area contributed by atoms with Crippen LogP contribution in [-0.2, 0) is 10.0 Å². The number of ether oxygens (including phenoxy) is 1. The van der Waals surface area contributed by atoms with Gasteiger partial charge in [-0.15, -0.1) is 0 Å². The molecule has 0 saturated carbocycles. The summed E-state index contributed by atoms with van der Waals surface area (Å²) in [6.45, 7) is 3.01. The van der Waals surface area contributed by atoms with Gasteiger partial charge in [-0.1, -0.05) is 23.2 Å². The van der Waals surface area contributed by atoms with Crippen molar-refractivity contribution in [3.05, 3.63) is 52.0 Å². The molecule has 0 aromatic heterocycles. The number of benzene rings is 2. The van der Waals surface area contributed by atoms with Crippen LogP contribution in [0.4, 0.5) is 5.69 Å². The minimum absolute atomic E-state index is 0.0129. The molecule has 9 heteroatoms. The molecule has 0 spiro atoms. The summed E-state index contributed by atoms with van der Waals surface area (Å²) in [6, 6.07) is 9.06. The Balaban J connectivity index is 1.96. The summed E-state index contributed by atoms with van der Waals surface area (Å²) in [5.74, 6) is -0.267. The molecular weight excluding hydrogens is 423 g/mol. The number of carbonyl (C=O) groups excluding carboxylic acids is 1. The summed E-state index contributed by atoms with van der Waals surface area (Å²) in [4.78, 5) is 12.7. The molecule has 1 amide bonds. The van der Waals surface area contributed by atoms with Gasteiger partial charge in [0, 0.05) is 23.7 Å². The van der Waals surface area contributed by atoms with Crippen molar-refractivity contribution in [2.75, 3.05) is 25.0 Å². The van der Waals surface area contributed by atoms with E-state index < -0.39 is 15.9 Å². The number of anilines is 1. The first-order valence-electron chi connectivity index (χ1n) is 8.86. The van der Waals surface area contributed by atoms with Crippen molar-refractivity contribution in [2.45, 2.75) is 24.7 Å². The molecule has 1 saturated heterocycles. The highest BCUT2D eigenvalue weighted by atomic mass is 35.5. The Labute approximate surface area is 174 Å². The van der Waals surface area contributed by atoms with Crippen LogP contribution in [0.3, 0.4) is 0 Å². The van der Waals surface area contributed by atoms with Gasteiger partial charge in [-0.25, -0.2) is 8.42 Å². The number of rotatable bonds is 6. The molecule has 3 rings (SSSR count). The topological polar surface area (TPSA) is 75.7 Å². The van der Waals surface area contributed by atoms with Crippen LogP contribution in [0.25, 0.3) is 0 Å². The van der Waals surface area contributed by atoms with Crippen LogP contribution >= 0.6 is 23.2 Å². The lowest BCUT2D eigenvalue weighted by Gasteiger charge is -2.19. The Kier molecular flexibility index (Phi) is 6.50. The SMILES string of the molecule is CCOc1ccc(C(=O)Nc2cc(Cl)ccc2Cl)cc1S(=O)(=O)N1CCCC1. The lowest BCUT2D eigenvalue weighted by Crippen LogP contribution is -2.28. The smallest absolute Gasteiger partial charge is 0.255 e. The van der Waals surface area contributed by atoms with E-state index in [-0.39, 0.29) is 16.2 Å². The summed E-state index contributed by atoms with van der Waals surface area (Å²) < 4.78 is 33.0. The lowest BCUT2D eigenvalue weighted by atomic mass is 10.2.